The predicted molar refractivity (Wildman–Crippen MR) is 185 cm³/mol. The van der Waals surface area contributed by atoms with Crippen molar-refractivity contribution in [2.45, 2.75) is 36.7 Å². The molecule has 0 bridgehead atoms. The highest BCUT2D eigenvalue weighted by molar-refractivity contribution is 5.89. The van der Waals surface area contributed by atoms with Gasteiger partial charge in [0, 0.05) is 0 Å². The summed E-state index contributed by atoms with van der Waals surface area (Å²) in [5.41, 5.74) is 2.78. The summed E-state index contributed by atoms with van der Waals surface area (Å²) < 4.78 is 31.1. The largest absolute Gasteiger partial charge is 0.497 e. The van der Waals surface area contributed by atoms with Gasteiger partial charge in [0.25, 0.3) is 0 Å². The lowest BCUT2D eigenvalue weighted by Crippen LogP contribution is -2.39. The fourth-order valence-corrected chi connectivity index (χ4v) is 6.36. The molecule has 3 heterocycles. The Morgan fingerprint density at radius 1 is 0.765 bits per heavy atom. The maximum Gasteiger partial charge on any atom is 0.338 e. The molecule has 0 amide bonds. The van der Waals surface area contributed by atoms with Crippen LogP contribution in [0.3, 0.4) is 0 Å². The van der Waals surface area contributed by atoms with Crippen LogP contribution in [0.2, 0.25) is 0 Å². The molecule has 0 saturated carbocycles. The molecule has 0 spiro atoms. The lowest BCUT2D eigenvalue weighted by atomic mass is 9.80. The number of ether oxygens (including phenoxy) is 5. The molecular weight excluding hydrogens is 652 g/mol. The summed E-state index contributed by atoms with van der Waals surface area (Å²) >= 11 is 0. The van der Waals surface area contributed by atoms with E-state index >= 15 is 0 Å². The summed E-state index contributed by atoms with van der Waals surface area (Å²) in [5, 5.41) is 22.6. The van der Waals surface area contributed by atoms with Gasteiger partial charge in [-0.1, -0.05) is 72.8 Å². The van der Waals surface area contributed by atoms with E-state index in [1.54, 1.807) is 38.5 Å². The first-order chi connectivity index (χ1) is 24.9. The number of nitrogens with zero attached hydrogens (tertiary/aromatic N) is 4. The number of hydrogen-bond acceptors (Lipinski definition) is 11. The normalized spacial score (nSPS) is 18.8. The highest BCUT2D eigenvalue weighted by atomic mass is 16.6. The average Bonchev–Trinajstić information content (AvgIpc) is 3.75. The van der Waals surface area contributed by atoms with E-state index in [1.807, 2.05) is 84.9 Å². The van der Waals surface area contributed by atoms with Gasteiger partial charge in [-0.15, -0.1) is 0 Å². The van der Waals surface area contributed by atoms with Crippen molar-refractivity contribution in [3.05, 3.63) is 150 Å². The van der Waals surface area contributed by atoms with E-state index in [2.05, 4.69) is 15.0 Å². The van der Waals surface area contributed by atoms with Crippen LogP contribution in [0.25, 0.3) is 11.2 Å². The molecule has 6 aromatic rings. The Labute approximate surface area is 293 Å². The fraction of sp³-hybridized carbons (Fsp3) is 0.231. The first-order valence-corrected chi connectivity index (χ1v) is 16.3. The molecule has 51 heavy (non-hydrogen) atoms. The van der Waals surface area contributed by atoms with Gasteiger partial charge in [0.15, 0.2) is 11.9 Å². The second-order valence-electron chi connectivity index (χ2n) is 11.9. The van der Waals surface area contributed by atoms with Crippen LogP contribution < -0.4 is 9.47 Å². The summed E-state index contributed by atoms with van der Waals surface area (Å²) in [5.74, 6) is 0.868. The molecule has 0 unspecified atom stereocenters. The van der Waals surface area contributed by atoms with Crippen molar-refractivity contribution < 1.29 is 38.7 Å². The molecule has 7 rings (SSSR count). The van der Waals surface area contributed by atoms with Gasteiger partial charge in [-0.05, 0) is 53.1 Å². The minimum Gasteiger partial charge on any atom is -0.497 e. The van der Waals surface area contributed by atoms with Crippen molar-refractivity contribution in [2.24, 2.45) is 0 Å². The second-order valence-corrected chi connectivity index (χ2v) is 11.9. The summed E-state index contributed by atoms with van der Waals surface area (Å²) in [6, 6.07) is 33.6. The number of hydrogen-bond donors (Lipinski definition) is 2. The van der Waals surface area contributed by atoms with Crippen LogP contribution in [-0.4, -0.2) is 74.8 Å². The molecule has 12 nitrogen and oxygen atoms in total. The van der Waals surface area contributed by atoms with Gasteiger partial charge in [0.05, 0.1) is 32.7 Å². The molecule has 12 heteroatoms. The molecule has 1 aliphatic heterocycles. The number of carbonyl (C=O) groups excluding carboxylic acids is 1. The number of imidazole rings is 1. The SMILES string of the molecule is COc1ccc(C(OC[C@H]2O[C@@H](n3cnc4c(COC(=O)c5ccccc5)ncnc43)[C@H](O)[C@@H]2O)(c2ccccc2)c2ccc(OC)cc2)cc1. The average molecular weight is 689 g/mol. The summed E-state index contributed by atoms with van der Waals surface area (Å²) in [7, 11) is 3.22. The molecular formula is C39H36N4O8. The number of aliphatic hydroxyl groups excluding tert-OH is 2. The number of esters is 1. The van der Waals surface area contributed by atoms with E-state index in [0.717, 1.165) is 16.7 Å². The van der Waals surface area contributed by atoms with Crippen molar-refractivity contribution in [3.8, 4) is 11.5 Å². The van der Waals surface area contributed by atoms with Crippen LogP contribution in [0.5, 0.6) is 11.5 Å². The van der Waals surface area contributed by atoms with Gasteiger partial charge in [-0.2, -0.15) is 0 Å². The van der Waals surface area contributed by atoms with E-state index in [-0.39, 0.29) is 13.2 Å². The number of aliphatic hydroxyl groups is 2. The Kier molecular flexibility index (Phi) is 9.73. The van der Waals surface area contributed by atoms with Crippen molar-refractivity contribution in [1.82, 2.24) is 19.5 Å². The molecule has 2 N–H and O–H groups in total. The highest BCUT2D eigenvalue weighted by Gasteiger charge is 2.47. The Bertz CT molecular complexity index is 2030. The monoisotopic (exact) mass is 688 g/mol. The number of rotatable bonds is 12. The van der Waals surface area contributed by atoms with Gasteiger partial charge in [0.1, 0.15) is 59.6 Å². The highest BCUT2D eigenvalue weighted by Crippen LogP contribution is 2.43. The van der Waals surface area contributed by atoms with Crippen LogP contribution in [0.1, 0.15) is 39.0 Å². The maximum absolute atomic E-state index is 12.5. The molecule has 1 fully saturated rings. The predicted octanol–water partition coefficient (Wildman–Crippen LogP) is 4.83. The van der Waals surface area contributed by atoms with Crippen LogP contribution in [0, 0.1) is 0 Å². The van der Waals surface area contributed by atoms with E-state index in [1.165, 1.54) is 17.2 Å². The number of benzene rings is 4. The lowest BCUT2D eigenvalue weighted by Gasteiger charge is -2.37. The third kappa shape index (κ3) is 6.53. The molecule has 2 aromatic heterocycles. The summed E-state index contributed by atoms with van der Waals surface area (Å²) in [6.07, 6.45) is -1.90. The zero-order chi connectivity index (χ0) is 35.4. The van der Waals surface area contributed by atoms with Gasteiger partial charge < -0.3 is 33.9 Å². The van der Waals surface area contributed by atoms with Crippen molar-refractivity contribution in [1.29, 1.82) is 0 Å². The van der Waals surface area contributed by atoms with Crippen molar-refractivity contribution in [2.75, 3.05) is 20.8 Å². The standard InChI is InChI=1S/C39H36N4O8/c1-47-29-17-13-27(14-18-29)39(26-11-7-4-8-12-26,28-15-19-30(48-2)20-16-28)50-22-32-34(44)35(45)37(51-32)43-24-42-33-31(40-23-41-36(33)43)21-49-38(46)25-9-5-3-6-10-25/h3-20,23-24,32,34-35,37,44-45H,21-22H2,1-2H3/t32-,34-,35-,37-/m1/s1. The van der Waals surface area contributed by atoms with Crippen LogP contribution in [0.15, 0.2) is 122 Å². The third-order valence-corrected chi connectivity index (χ3v) is 9.03. The topological polar surface area (TPSA) is 147 Å². The van der Waals surface area contributed by atoms with Crippen LogP contribution >= 0.6 is 0 Å². The van der Waals surface area contributed by atoms with Crippen LogP contribution in [0.4, 0.5) is 0 Å². The first kappa shape index (κ1) is 33.8. The summed E-state index contributed by atoms with van der Waals surface area (Å²) in [6.45, 7) is -0.251. The number of aromatic nitrogens is 4. The van der Waals surface area contributed by atoms with Gasteiger partial charge in [0.2, 0.25) is 0 Å². The smallest absolute Gasteiger partial charge is 0.338 e. The number of methoxy groups -OCH3 is 2. The third-order valence-electron chi connectivity index (χ3n) is 9.03. The molecule has 260 valence electrons. The minimum atomic E-state index is -1.35. The van der Waals surface area contributed by atoms with E-state index in [0.29, 0.717) is 33.9 Å². The molecule has 4 atom stereocenters. The van der Waals surface area contributed by atoms with E-state index in [9.17, 15) is 15.0 Å². The maximum atomic E-state index is 12.5. The van der Waals surface area contributed by atoms with E-state index in [4.69, 9.17) is 23.7 Å². The Hall–Kier alpha value is -5.66. The van der Waals surface area contributed by atoms with E-state index < -0.39 is 36.1 Å². The van der Waals surface area contributed by atoms with Crippen LogP contribution in [-0.2, 0) is 26.4 Å². The minimum absolute atomic E-state index is 0.107. The Morgan fingerprint density at radius 3 is 1.96 bits per heavy atom. The zero-order valence-electron chi connectivity index (χ0n) is 27.9. The van der Waals surface area contributed by atoms with Gasteiger partial charge in [-0.3, -0.25) is 4.57 Å². The molecule has 0 aliphatic carbocycles. The van der Waals surface area contributed by atoms with Crippen molar-refractivity contribution in [3.63, 3.8) is 0 Å². The summed E-state index contributed by atoms with van der Waals surface area (Å²) in [4.78, 5) is 25.6. The lowest BCUT2D eigenvalue weighted by molar-refractivity contribution is -0.0942. The van der Waals surface area contributed by atoms with Gasteiger partial charge >= 0.3 is 5.97 Å². The zero-order valence-corrected chi connectivity index (χ0v) is 27.9. The van der Waals surface area contributed by atoms with Gasteiger partial charge in [-0.25, -0.2) is 19.7 Å². The molecule has 1 saturated heterocycles. The number of carbonyl (C=O) groups is 1. The first-order valence-electron chi connectivity index (χ1n) is 16.3. The Morgan fingerprint density at radius 2 is 1.35 bits per heavy atom. The second kappa shape index (κ2) is 14.7. The molecule has 4 aromatic carbocycles. The fourth-order valence-electron chi connectivity index (χ4n) is 6.36. The van der Waals surface area contributed by atoms with Crippen molar-refractivity contribution >= 4 is 17.1 Å². The quantitative estimate of drug-likeness (QED) is 0.135. The Balaban J connectivity index is 1.17. The molecule has 1 aliphatic rings. The number of fused-ring (bicyclic) bond motifs is 1. The molecule has 0 radical (unpaired) electrons.